The molecule has 4 aliphatic carbocycles. The highest BCUT2D eigenvalue weighted by Gasteiger charge is 2.62. The third kappa shape index (κ3) is 2.05. The molecule has 0 aliphatic heterocycles. The standard InChI is InChI=1S/C17H16ClNO3/c18-8-1-3-9(4-2-8)19-16(20)14-10-5-6-11(13-7-12(10)13)15(14)17(21)22/h1-6,10-15H,7H2,(H,19,20)(H,21,22)/t10-,11-,12-,13-,14+,15+/m0/s1. The molecule has 2 bridgehead atoms. The van der Waals surface area contributed by atoms with Crippen molar-refractivity contribution in [3.05, 3.63) is 41.4 Å². The van der Waals surface area contributed by atoms with Gasteiger partial charge in [-0.05, 0) is 54.4 Å². The van der Waals surface area contributed by atoms with E-state index in [2.05, 4.69) is 11.4 Å². The van der Waals surface area contributed by atoms with Gasteiger partial charge in [0.05, 0.1) is 11.8 Å². The van der Waals surface area contributed by atoms with Crippen LogP contribution in [0.1, 0.15) is 6.42 Å². The molecule has 0 saturated heterocycles. The summed E-state index contributed by atoms with van der Waals surface area (Å²) in [5, 5.41) is 13.0. The van der Waals surface area contributed by atoms with E-state index in [4.69, 9.17) is 11.6 Å². The highest BCUT2D eigenvalue weighted by Crippen LogP contribution is 2.63. The van der Waals surface area contributed by atoms with Gasteiger partial charge in [0.25, 0.3) is 0 Å². The number of carboxylic acids is 1. The number of nitrogens with one attached hydrogen (secondary N) is 1. The lowest BCUT2D eigenvalue weighted by Crippen LogP contribution is -2.48. The normalized spacial score (nSPS) is 37.5. The van der Waals surface area contributed by atoms with E-state index in [1.165, 1.54) is 0 Å². The van der Waals surface area contributed by atoms with Crippen molar-refractivity contribution in [2.75, 3.05) is 5.32 Å². The van der Waals surface area contributed by atoms with Gasteiger partial charge in [0.15, 0.2) is 0 Å². The number of fused-ring (bicyclic) bond motifs is 1. The summed E-state index contributed by atoms with van der Waals surface area (Å²) < 4.78 is 0. The van der Waals surface area contributed by atoms with E-state index >= 15 is 0 Å². The van der Waals surface area contributed by atoms with Gasteiger partial charge in [0.2, 0.25) is 5.91 Å². The van der Waals surface area contributed by atoms with Gasteiger partial charge in [0, 0.05) is 10.7 Å². The zero-order valence-corrected chi connectivity index (χ0v) is 12.5. The maximum absolute atomic E-state index is 12.7. The Morgan fingerprint density at radius 1 is 1.05 bits per heavy atom. The molecule has 2 N–H and O–H groups in total. The number of amides is 1. The van der Waals surface area contributed by atoms with Gasteiger partial charge in [-0.25, -0.2) is 0 Å². The average molecular weight is 318 g/mol. The van der Waals surface area contributed by atoms with Crippen LogP contribution in [0.3, 0.4) is 0 Å². The first-order valence-corrected chi connectivity index (χ1v) is 7.91. The molecule has 1 amide bonds. The van der Waals surface area contributed by atoms with Crippen molar-refractivity contribution in [1.82, 2.24) is 0 Å². The Kier molecular flexibility index (Phi) is 3.05. The second-order valence-corrected chi connectivity index (χ2v) is 6.93. The first-order chi connectivity index (χ1) is 10.6. The summed E-state index contributed by atoms with van der Waals surface area (Å²) in [6.45, 7) is 0. The van der Waals surface area contributed by atoms with Gasteiger partial charge in [0.1, 0.15) is 0 Å². The Labute approximate surface area is 133 Å². The van der Waals surface area contributed by atoms with Crippen LogP contribution < -0.4 is 5.32 Å². The van der Waals surface area contributed by atoms with Crippen LogP contribution in [-0.2, 0) is 9.59 Å². The van der Waals surface area contributed by atoms with Crippen LogP contribution in [0.4, 0.5) is 5.69 Å². The lowest BCUT2D eigenvalue weighted by molar-refractivity contribution is -0.152. The fraction of sp³-hybridized carbons (Fsp3) is 0.412. The molecule has 0 spiro atoms. The first-order valence-electron chi connectivity index (χ1n) is 7.54. The fourth-order valence-corrected chi connectivity index (χ4v) is 4.45. The van der Waals surface area contributed by atoms with Crippen LogP contribution in [0, 0.1) is 35.5 Å². The number of carbonyl (C=O) groups excluding carboxylic acids is 1. The van der Waals surface area contributed by atoms with Gasteiger partial charge in [-0.15, -0.1) is 0 Å². The zero-order valence-electron chi connectivity index (χ0n) is 11.8. The minimum absolute atomic E-state index is 0.00784. The van der Waals surface area contributed by atoms with Gasteiger partial charge in [-0.2, -0.15) is 0 Å². The Balaban J connectivity index is 1.60. The van der Waals surface area contributed by atoms with E-state index < -0.39 is 17.8 Å². The number of allylic oxidation sites excluding steroid dienone is 2. The Bertz CT molecular complexity index is 669. The molecule has 22 heavy (non-hydrogen) atoms. The molecular weight excluding hydrogens is 302 g/mol. The molecule has 1 aromatic carbocycles. The summed E-state index contributed by atoms with van der Waals surface area (Å²) in [5.74, 6) is -1.11. The Hall–Kier alpha value is -1.81. The molecule has 1 aromatic rings. The van der Waals surface area contributed by atoms with Gasteiger partial charge in [-0.1, -0.05) is 23.8 Å². The molecule has 0 heterocycles. The highest BCUT2D eigenvalue weighted by molar-refractivity contribution is 6.30. The number of carboxylic acid groups (broad SMARTS) is 1. The smallest absolute Gasteiger partial charge is 0.307 e. The minimum atomic E-state index is -0.860. The zero-order chi connectivity index (χ0) is 15.4. The molecule has 5 rings (SSSR count). The second kappa shape index (κ2) is 4.85. The molecule has 4 nitrogen and oxygen atoms in total. The third-order valence-corrected chi connectivity index (χ3v) is 5.60. The van der Waals surface area contributed by atoms with Crippen molar-refractivity contribution in [3.8, 4) is 0 Å². The summed E-state index contributed by atoms with van der Waals surface area (Å²) in [6.07, 6.45) is 5.13. The average Bonchev–Trinajstić information content (AvgIpc) is 3.30. The van der Waals surface area contributed by atoms with E-state index in [0.29, 0.717) is 22.5 Å². The molecular formula is C17H16ClNO3. The van der Waals surface area contributed by atoms with Crippen molar-refractivity contribution in [3.63, 3.8) is 0 Å². The van der Waals surface area contributed by atoms with Gasteiger partial charge < -0.3 is 10.4 Å². The Morgan fingerprint density at radius 3 is 2.23 bits per heavy atom. The van der Waals surface area contributed by atoms with Gasteiger partial charge in [-0.3, -0.25) is 9.59 Å². The Morgan fingerprint density at radius 2 is 1.64 bits per heavy atom. The SMILES string of the molecule is O=C(O)[C@@H]1[C@H]2C=C[C@@H]([C@@H]3C[C@@H]23)[C@H]1C(=O)Nc1ccc(Cl)cc1. The van der Waals surface area contributed by atoms with Crippen LogP contribution in [-0.4, -0.2) is 17.0 Å². The van der Waals surface area contributed by atoms with Crippen LogP contribution in [0.2, 0.25) is 5.02 Å². The topological polar surface area (TPSA) is 66.4 Å². The number of aliphatic carboxylic acids is 1. The van der Waals surface area contributed by atoms with Crippen molar-refractivity contribution in [1.29, 1.82) is 0 Å². The minimum Gasteiger partial charge on any atom is -0.481 e. The lowest BCUT2D eigenvalue weighted by atomic mass is 9.62. The number of rotatable bonds is 3. The van der Waals surface area contributed by atoms with Crippen LogP contribution in [0.25, 0.3) is 0 Å². The van der Waals surface area contributed by atoms with E-state index in [1.807, 2.05) is 6.08 Å². The summed E-state index contributed by atoms with van der Waals surface area (Å²) in [5.41, 5.74) is 0.649. The first kappa shape index (κ1) is 13.8. The molecule has 114 valence electrons. The molecule has 2 fully saturated rings. The van der Waals surface area contributed by atoms with Crippen molar-refractivity contribution in [2.24, 2.45) is 35.5 Å². The van der Waals surface area contributed by atoms with E-state index in [0.717, 1.165) is 6.42 Å². The quantitative estimate of drug-likeness (QED) is 0.842. The number of benzene rings is 1. The maximum Gasteiger partial charge on any atom is 0.307 e. The number of halogens is 1. The number of hydrogen-bond donors (Lipinski definition) is 2. The molecule has 0 aromatic heterocycles. The fourth-order valence-electron chi connectivity index (χ4n) is 4.33. The number of anilines is 1. The highest BCUT2D eigenvalue weighted by atomic mass is 35.5. The van der Waals surface area contributed by atoms with E-state index in [9.17, 15) is 14.7 Å². The van der Waals surface area contributed by atoms with E-state index in [1.54, 1.807) is 24.3 Å². The summed E-state index contributed by atoms with van der Waals surface area (Å²) in [7, 11) is 0. The number of hydrogen-bond acceptors (Lipinski definition) is 2. The predicted molar refractivity (Wildman–Crippen MR) is 82.4 cm³/mol. The van der Waals surface area contributed by atoms with Crippen LogP contribution in [0.15, 0.2) is 36.4 Å². The molecule has 4 aliphatic rings. The monoisotopic (exact) mass is 317 g/mol. The van der Waals surface area contributed by atoms with Crippen molar-refractivity contribution >= 4 is 29.2 Å². The summed E-state index contributed by atoms with van der Waals surface area (Å²) in [6, 6.07) is 6.87. The molecule has 0 unspecified atom stereocenters. The number of carbonyl (C=O) groups is 2. The van der Waals surface area contributed by atoms with Gasteiger partial charge >= 0.3 is 5.97 Å². The maximum atomic E-state index is 12.7. The molecule has 2 saturated carbocycles. The van der Waals surface area contributed by atoms with Crippen molar-refractivity contribution < 1.29 is 14.7 Å². The van der Waals surface area contributed by atoms with Crippen LogP contribution >= 0.6 is 11.6 Å². The van der Waals surface area contributed by atoms with Crippen molar-refractivity contribution in [2.45, 2.75) is 6.42 Å². The second-order valence-electron chi connectivity index (χ2n) is 6.49. The summed E-state index contributed by atoms with van der Waals surface area (Å²) in [4.78, 5) is 24.4. The molecule has 6 atom stereocenters. The summed E-state index contributed by atoms with van der Waals surface area (Å²) >= 11 is 5.84. The molecule has 0 radical (unpaired) electrons. The largest absolute Gasteiger partial charge is 0.481 e. The van der Waals surface area contributed by atoms with E-state index in [-0.39, 0.29) is 17.7 Å². The third-order valence-electron chi connectivity index (χ3n) is 5.35. The molecule has 5 heteroatoms. The lowest BCUT2D eigenvalue weighted by Gasteiger charge is -2.41. The van der Waals surface area contributed by atoms with Crippen LogP contribution in [0.5, 0.6) is 0 Å². The predicted octanol–water partition coefficient (Wildman–Crippen LogP) is 3.05.